The molecular formula is C13H23NO4. The first-order valence-corrected chi connectivity index (χ1v) is 6.76. The van der Waals surface area contributed by atoms with Gasteiger partial charge in [0.25, 0.3) is 0 Å². The van der Waals surface area contributed by atoms with Gasteiger partial charge in [0.1, 0.15) is 6.04 Å². The second kappa shape index (κ2) is 8.08. The minimum atomic E-state index is -1.08. The second-order valence-electron chi connectivity index (χ2n) is 5.03. The summed E-state index contributed by atoms with van der Waals surface area (Å²) < 4.78 is 0. The molecule has 104 valence electrons. The summed E-state index contributed by atoms with van der Waals surface area (Å²) in [5, 5.41) is 20.1. The number of hydrogen-bond acceptors (Lipinski definition) is 3. The molecule has 1 aliphatic carbocycles. The molecule has 0 radical (unpaired) electrons. The van der Waals surface area contributed by atoms with Crippen LogP contribution in [0.1, 0.15) is 51.4 Å². The van der Waals surface area contributed by atoms with E-state index in [0.717, 1.165) is 25.7 Å². The van der Waals surface area contributed by atoms with Crippen LogP contribution in [0.25, 0.3) is 0 Å². The van der Waals surface area contributed by atoms with Gasteiger partial charge in [-0.3, -0.25) is 4.79 Å². The molecular weight excluding hydrogens is 234 g/mol. The highest BCUT2D eigenvalue weighted by molar-refractivity contribution is 5.83. The lowest BCUT2D eigenvalue weighted by Crippen LogP contribution is -2.41. The number of aliphatic hydroxyl groups excluding tert-OH is 1. The van der Waals surface area contributed by atoms with E-state index in [-0.39, 0.29) is 18.9 Å². The minimum absolute atomic E-state index is 0.0613. The molecule has 0 aliphatic heterocycles. The first kappa shape index (κ1) is 15.0. The maximum Gasteiger partial charge on any atom is 0.326 e. The van der Waals surface area contributed by atoms with Crippen LogP contribution in [0.5, 0.6) is 0 Å². The van der Waals surface area contributed by atoms with Crippen molar-refractivity contribution in [3.63, 3.8) is 0 Å². The molecule has 18 heavy (non-hydrogen) atoms. The molecule has 1 aliphatic rings. The Balaban J connectivity index is 2.36. The van der Waals surface area contributed by atoms with E-state index in [9.17, 15) is 9.59 Å². The lowest BCUT2D eigenvalue weighted by molar-refractivity contribution is -0.142. The number of nitrogens with one attached hydrogen (secondary N) is 1. The van der Waals surface area contributed by atoms with Crippen LogP contribution in [0.15, 0.2) is 0 Å². The average Bonchev–Trinajstić information content (AvgIpc) is 2.57. The fourth-order valence-corrected chi connectivity index (χ4v) is 2.47. The monoisotopic (exact) mass is 257 g/mol. The molecule has 1 rings (SSSR count). The molecule has 0 saturated heterocycles. The Morgan fingerprint density at radius 1 is 1.17 bits per heavy atom. The fraction of sp³-hybridized carbons (Fsp3) is 0.846. The fourth-order valence-electron chi connectivity index (χ4n) is 2.47. The van der Waals surface area contributed by atoms with Gasteiger partial charge in [-0.15, -0.1) is 0 Å². The third-order valence-electron chi connectivity index (χ3n) is 3.50. The maximum atomic E-state index is 11.8. The van der Waals surface area contributed by atoms with Crippen molar-refractivity contribution in [1.29, 1.82) is 0 Å². The zero-order chi connectivity index (χ0) is 13.4. The van der Waals surface area contributed by atoms with Gasteiger partial charge in [-0.1, -0.05) is 25.7 Å². The number of aliphatic carboxylic acids is 1. The van der Waals surface area contributed by atoms with Crippen molar-refractivity contribution in [1.82, 2.24) is 5.32 Å². The highest BCUT2D eigenvalue weighted by atomic mass is 16.4. The normalized spacial score (nSPS) is 18.9. The van der Waals surface area contributed by atoms with Gasteiger partial charge >= 0.3 is 5.97 Å². The topological polar surface area (TPSA) is 86.6 Å². The van der Waals surface area contributed by atoms with Gasteiger partial charge in [-0.25, -0.2) is 4.79 Å². The van der Waals surface area contributed by atoms with Crippen LogP contribution in [0.2, 0.25) is 0 Å². The minimum Gasteiger partial charge on any atom is -0.480 e. The van der Waals surface area contributed by atoms with E-state index in [2.05, 4.69) is 5.32 Å². The Hall–Kier alpha value is -1.10. The van der Waals surface area contributed by atoms with Crippen molar-refractivity contribution in [3.05, 3.63) is 0 Å². The predicted molar refractivity (Wildman–Crippen MR) is 67.1 cm³/mol. The molecule has 0 aromatic rings. The predicted octanol–water partition coefficient (Wildman–Crippen LogP) is 1.30. The summed E-state index contributed by atoms with van der Waals surface area (Å²) in [4.78, 5) is 22.6. The Bertz CT molecular complexity index is 272. The van der Waals surface area contributed by atoms with Gasteiger partial charge in [0.15, 0.2) is 0 Å². The largest absolute Gasteiger partial charge is 0.480 e. The van der Waals surface area contributed by atoms with Gasteiger partial charge in [0, 0.05) is 19.4 Å². The number of aliphatic hydroxyl groups is 1. The molecule has 1 atom stereocenters. The number of hydrogen-bond donors (Lipinski definition) is 3. The van der Waals surface area contributed by atoms with Crippen molar-refractivity contribution >= 4 is 11.9 Å². The summed E-state index contributed by atoms with van der Waals surface area (Å²) in [5.41, 5.74) is 0. The van der Waals surface area contributed by atoms with E-state index in [4.69, 9.17) is 10.2 Å². The van der Waals surface area contributed by atoms with Gasteiger partial charge in [0.2, 0.25) is 5.91 Å². The third kappa shape index (κ3) is 5.49. The van der Waals surface area contributed by atoms with E-state index in [1.807, 2.05) is 0 Å². The van der Waals surface area contributed by atoms with E-state index in [1.165, 1.54) is 12.8 Å². The number of rotatable bonds is 6. The van der Waals surface area contributed by atoms with Gasteiger partial charge in [0.05, 0.1) is 0 Å². The molecule has 0 bridgehead atoms. The summed E-state index contributed by atoms with van der Waals surface area (Å²) in [5.74, 6) is -0.905. The maximum absolute atomic E-state index is 11.8. The molecule has 1 fully saturated rings. The van der Waals surface area contributed by atoms with Crippen molar-refractivity contribution < 1.29 is 19.8 Å². The Morgan fingerprint density at radius 3 is 2.28 bits per heavy atom. The number of carbonyl (C=O) groups is 2. The molecule has 0 spiro atoms. The van der Waals surface area contributed by atoms with Crippen molar-refractivity contribution in [2.45, 2.75) is 57.4 Å². The molecule has 3 N–H and O–H groups in total. The third-order valence-corrected chi connectivity index (χ3v) is 3.50. The highest BCUT2D eigenvalue weighted by Crippen LogP contribution is 2.25. The molecule has 5 heteroatoms. The number of amides is 1. The van der Waals surface area contributed by atoms with Crippen LogP contribution in [0.4, 0.5) is 0 Å². The number of carboxylic acids is 1. The van der Waals surface area contributed by atoms with Gasteiger partial charge in [-0.2, -0.15) is 0 Å². The first-order valence-electron chi connectivity index (χ1n) is 6.76. The molecule has 0 heterocycles. The quantitative estimate of drug-likeness (QED) is 0.626. The van der Waals surface area contributed by atoms with E-state index in [0.29, 0.717) is 12.3 Å². The lowest BCUT2D eigenvalue weighted by atomic mass is 9.96. The van der Waals surface area contributed by atoms with Gasteiger partial charge < -0.3 is 15.5 Å². The zero-order valence-corrected chi connectivity index (χ0v) is 10.7. The Kier molecular flexibility index (Phi) is 6.72. The van der Waals surface area contributed by atoms with Crippen LogP contribution in [-0.2, 0) is 9.59 Å². The summed E-state index contributed by atoms with van der Waals surface area (Å²) in [6, 6.07) is -0.965. The molecule has 0 aromatic heterocycles. The first-order chi connectivity index (χ1) is 8.63. The van der Waals surface area contributed by atoms with Crippen molar-refractivity contribution in [2.24, 2.45) is 5.92 Å². The van der Waals surface area contributed by atoms with Crippen LogP contribution < -0.4 is 5.32 Å². The zero-order valence-electron chi connectivity index (χ0n) is 10.7. The standard InChI is InChI=1S/C13H23NO4/c15-8-7-11(13(17)18)14-12(16)9-10-5-3-1-2-4-6-10/h10-11,15H,1-9H2,(H,14,16)(H,17,18). The van der Waals surface area contributed by atoms with Crippen LogP contribution in [0.3, 0.4) is 0 Å². The van der Waals surface area contributed by atoms with Crippen LogP contribution in [-0.4, -0.2) is 34.7 Å². The summed E-state index contributed by atoms with van der Waals surface area (Å²) in [6.45, 7) is -0.235. The highest BCUT2D eigenvalue weighted by Gasteiger charge is 2.21. The number of carbonyl (C=O) groups excluding carboxylic acids is 1. The molecule has 1 unspecified atom stereocenters. The lowest BCUT2D eigenvalue weighted by Gasteiger charge is -2.17. The van der Waals surface area contributed by atoms with Crippen LogP contribution >= 0.6 is 0 Å². The summed E-state index contributed by atoms with van der Waals surface area (Å²) in [7, 11) is 0. The van der Waals surface area contributed by atoms with Crippen molar-refractivity contribution in [3.8, 4) is 0 Å². The second-order valence-corrected chi connectivity index (χ2v) is 5.03. The Morgan fingerprint density at radius 2 is 1.78 bits per heavy atom. The molecule has 1 amide bonds. The molecule has 1 saturated carbocycles. The van der Waals surface area contributed by atoms with E-state index in [1.54, 1.807) is 0 Å². The van der Waals surface area contributed by atoms with Crippen molar-refractivity contribution in [2.75, 3.05) is 6.61 Å². The summed E-state index contributed by atoms with van der Waals surface area (Å²) >= 11 is 0. The smallest absolute Gasteiger partial charge is 0.326 e. The average molecular weight is 257 g/mol. The summed E-state index contributed by atoms with van der Waals surface area (Å²) in [6.07, 6.45) is 7.39. The molecule has 5 nitrogen and oxygen atoms in total. The SMILES string of the molecule is O=C(CC1CCCCCC1)NC(CCO)C(=O)O. The van der Waals surface area contributed by atoms with E-state index >= 15 is 0 Å². The van der Waals surface area contributed by atoms with Crippen LogP contribution in [0, 0.1) is 5.92 Å². The number of carboxylic acid groups (broad SMARTS) is 1. The Labute approximate surface area is 108 Å². The molecule has 0 aromatic carbocycles. The van der Waals surface area contributed by atoms with Gasteiger partial charge in [-0.05, 0) is 18.8 Å². The van der Waals surface area contributed by atoms with E-state index < -0.39 is 12.0 Å².